The number of hydrogen-bond donors (Lipinski definition) is 0. The minimum atomic E-state index is -0.0283. The number of amides is 1. The van der Waals surface area contributed by atoms with Gasteiger partial charge in [0.25, 0.3) is 0 Å². The molecule has 1 spiro atoms. The maximum Gasteiger partial charge on any atom is 0.309 e. The largest absolute Gasteiger partial charge is 0.466 e. The molecule has 0 bridgehead atoms. The van der Waals surface area contributed by atoms with E-state index in [4.69, 9.17) is 4.74 Å². The lowest BCUT2D eigenvalue weighted by Gasteiger charge is -2.32. The molecule has 1 amide bonds. The Balaban J connectivity index is 1.51. The van der Waals surface area contributed by atoms with Gasteiger partial charge in [-0.25, -0.2) is 0 Å². The van der Waals surface area contributed by atoms with Crippen LogP contribution in [0.15, 0.2) is 0 Å². The zero-order valence-electron chi connectivity index (χ0n) is 11.0. The molecule has 1 heterocycles. The summed E-state index contributed by atoms with van der Waals surface area (Å²) in [5.41, 5.74) is 0.173. The predicted octanol–water partition coefficient (Wildman–Crippen LogP) is 1.59. The van der Waals surface area contributed by atoms with E-state index in [1.165, 1.54) is 0 Å². The molecule has 0 aromatic rings. The van der Waals surface area contributed by atoms with Crippen LogP contribution in [0, 0.1) is 17.3 Å². The summed E-state index contributed by atoms with van der Waals surface area (Å²) in [6.07, 6.45) is 5.08. The first-order valence-corrected chi connectivity index (χ1v) is 7.12. The molecule has 3 aliphatic rings. The third-order valence-electron chi connectivity index (χ3n) is 4.76. The molecular weight excluding hydrogens is 230 g/mol. The second kappa shape index (κ2) is 4.25. The predicted molar refractivity (Wildman–Crippen MR) is 65.7 cm³/mol. The summed E-state index contributed by atoms with van der Waals surface area (Å²) in [6.45, 7) is 4.00. The molecule has 4 nitrogen and oxygen atoms in total. The first-order valence-electron chi connectivity index (χ1n) is 7.12. The Morgan fingerprint density at radius 3 is 2.50 bits per heavy atom. The van der Waals surface area contributed by atoms with Crippen LogP contribution in [0.3, 0.4) is 0 Å². The molecule has 3 fully saturated rings. The molecule has 4 heteroatoms. The van der Waals surface area contributed by atoms with E-state index in [0.29, 0.717) is 18.4 Å². The van der Waals surface area contributed by atoms with Crippen LogP contribution in [-0.2, 0) is 14.3 Å². The minimum Gasteiger partial charge on any atom is -0.466 e. The molecule has 2 aliphatic carbocycles. The van der Waals surface area contributed by atoms with Crippen molar-refractivity contribution in [2.75, 3.05) is 19.7 Å². The zero-order valence-corrected chi connectivity index (χ0v) is 11.0. The summed E-state index contributed by atoms with van der Waals surface area (Å²) in [5, 5.41) is 0. The lowest BCUT2D eigenvalue weighted by molar-refractivity contribution is -0.146. The van der Waals surface area contributed by atoms with Crippen LogP contribution in [0.25, 0.3) is 0 Å². The second-order valence-electron chi connectivity index (χ2n) is 5.97. The van der Waals surface area contributed by atoms with E-state index in [-0.39, 0.29) is 17.3 Å². The summed E-state index contributed by atoms with van der Waals surface area (Å²) in [5.74, 6) is 0.743. The standard InChI is InChI=1S/C14H21NO3/c1-2-18-13(17)11-9-14(11)5-7-15(8-6-14)12(16)10-3-4-10/h10-11H,2-9H2,1H3. The Labute approximate surface area is 108 Å². The number of nitrogens with zero attached hydrogens (tertiary/aromatic N) is 1. The Hall–Kier alpha value is -1.06. The lowest BCUT2D eigenvalue weighted by atomic mass is 9.90. The molecule has 3 rings (SSSR count). The molecule has 1 atom stereocenters. The molecule has 0 N–H and O–H groups in total. The van der Waals surface area contributed by atoms with Gasteiger partial charge in [0.2, 0.25) is 5.91 Å². The van der Waals surface area contributed by atoms with Crippen molar-refractivity contribution in [3.8, 4) is 0 Å². The van der Waals surface area contributed by atoms with E-state index in [2.05, 4.69) is 0 Å². The first-order chi connectivity index (χ1) is 8.66. The van der Waals surface area contributed by atoms with E-state index in [0.717, 1.165) is 45.2 Å². The molecule has 100 valence electrons. The van der Waals surface area contributed by atoms with Crippen LogP contribution in [-0.4, -0.2) is 36.5 Å². The highest BCUT2D eigenvalue weighted by Crippen LogP contribution is 2.60. The van der Waals surface area contributed by atoms with E-state index in [1.807, 2.05) is 11.8 Å². The third kappa shape index (κ3) is 2.02. The van der Waals surface area contributed by atoms with Crippen molar-refractivity contribution in [3.05, 3.63) is 0 Å². The molecule has 1 unspecified atom stereocenters. The normalized spacial score (nSPS) is 29.2. The highest BCUT2D eigenvalue weighted by Gasteiger charge is 2.59. The Kier molecular flexibility index (Phi) is 2.83. The molecule has 2 saturated carbocycles. The molecular formula is C14H21NO3. The molecule has 0 aromatic carbocycles. The monoisotopic (exact) mass is 251 g/mol. The maximum absolute atomic E-state index is 11.9. The molecule has 1 saturated heterocycles. The maximum atomic E-state index is 11.9. The van der Waals surface area contributed by atoms with E-state index >= 15 is 0 Å². The molecule has 0 radical (unpaired) electrons. The van der Waals surface area contributed by atoms with Gasteiger partial charge in [0.15, 0.2) is 0 Å². The minimum absolute atomic E-state index is 0.0283. The lowest BCUT2D eigenvalue weighted by Crippen LogP contribution is -2.40. The van der Waals surface area contributed by atoms with Gasteiger partial charge in [0, 0.05) is 19.0 Å². The van der Waals surface area contributed by atoms with Crippen LogP contribution in [0.5, 0.6) is 0 Å². The van der Waals surface area contributed by atoms with Crippen molar-refractivity contribution in [2.24, 2.45) is 17.3 Å². The fraction of sp³-hybridized carbons (Fsp3) is 0.857. The SMILES string of the molecule is CCOC(=O)C1CC12CCN(C(=O)C1CC1)CC2. The quantitative estimate of drug-likeness (QED) is 0.716. The van der Waals surface area contributed by atoms with Crippen molar-refractivity contribution < 1.29 is 14.3 Å². The van der Waals surface area contributed by atoms with Crippen molar-refractivity contribution in [3.63, 3.8) is 0 Å². The third-order valence-corrected chi connectivity index (χ3v) is 4.76. The second-order valence-corrected chi connectivity index (χ2v) is 5.97. The van der Waals surface area contributed by atoms with Gasteiger partial charge in [-0.3, -0.25) is 9.59 Å². The number of hydrogen-bond acceptors (Lipinski definition) is 3. The summed E-state index contributed by atoms with van der Waals surface area (Å²) < 4.78 is 5.10. The van der Waals surface area contributed by atoms with Gasteiger partial charge in [-0.05, 0) is 44.4 Å². The number of piperidine rings is 1. The zero-order chi connectivity index (χ0) is 12.8. The number of esters is 1. The van der Waals surface area contributed by atoms with Gasteiger partial charge in [-0.15, -0.1) is 0 Å². The molecule has 18 heavy (non-hydrogen) atoms. The fourth-order valence-corrected chi connectivity index (χ4v) is 3.24. The Morgan fingerprint density at radius 1 is 1.28 bits per heavy atom. The number of carbonyl (C=O) groups excluding carboxylic acids is 2. The summed E-state index contributed by atoms with van der Waals surface area (Å²) in [7, 11) is 0. The van der Waals surface area contributed by atoms with Crippen LogP contribution in [0.2, 0.25) is 0 Å². The van der Waals surface area contributed by atoms with Crippen LogP contribution in [0.4, 0.5) is 0 Å². The van der Waals surface area contributed by atoms with E-state index in [9.17, 15) is 9.59 Å². The van der Waals surface area contributed by atoms with Crippen molar-refractivity contribution in [2.45, 2.75) is 39.0 Å². The molecule has 0 aromatic heterocycles. The van der Waals surface area contributed by atoms with E-state index < -0.39 is 0 Å². The van der Waals surface area contributed by atoms with Gasteiger partial charge in [0.05, 0.1) is 12.5 Å². The fourth-order valence-electron chi connectivity index (χ4n) is 3.24. The van der Waals surface area contributed by atoms with Crippen molar-refractivity contribution >= 4 is 11.9 Å². The number of likely N-dealkylation sites (tertiary alicyclic amines) is 1. The average molecular weight is 251 g/mol. The Bertz CT molecular complexity index is 367. The highest BCUT2D eigenvalue weighted by molar-refractivity contribution is 5.81. The smallest absolute Gasteiger partial charge is 0.309 e. The average Bonchev–Trinajstić information content (AvgIpc) is 3.24. The molecule has 1 aliphatic heterocycles. The van der Waals surface area contributed by atoms with Crippen molar-refractivity contribution in [1.29, 1.82) is 0 Å². The highest BCUT2D eigenvalue weighted by atomic mass is 16.5. The van der Waals surface area contributed by atoms with Gasteiger partial charge in [-0.2, -0.15) is 0 Å². The summed E-state index contributed by atoms with van der Waals surface area (Å²) in [4.78, 5) is 25.7. The van der Waals surface area contributed by atoms with Crippen LogP contribution < -0.4 is 0 Å². The van der Waals surface area contributed by atoms with Crippen molar-refractivity contribution in [1.82, 2.24) is 4.90 Å². The van der Waals surface area contributed by atoms with E-state index in [1.54, 1.807) is 0 Å². The first kappa shape index (κ1) is 12.0. The van der Waals surface area contributed by atoms with Crippen LogP contribution >= 0.6 is 0 Å². The topological polar surface area (TPSA) is 46.6 Å². The van der Waals surface area contributed by atoms with Gasteiger partial charge >= 0.3 is 5.97 Å². The summed E-state index contributed by atoms with van der Waals surface area (Å²) >= 11 is 0. The van der Waals surface area contributed by atoms with Crippen LogP contribution in [0.1, 0.15) is 39.0 Å². The number of ether oxygens (including phenoxy) is 1. The Morgan fingerprint density at radius 2 is 1.94 bits per heavy atom. The summed E-state index contributed by atoms with van der Waals surface area (Å²) in [6, 6.07) is 0. The van der Waals surface area contributed by atoms with Gasteiger partial charge < -0.3 is 9.64 Å². The number of carbonyl (C=O) groups is 2. The number of rotatable bonds is 3. The van der Waals surface area contributed by atoms with Gasteiger partial charge in [0.1, 0.15) is 0 Å². The van der Waals surface area contributed by atoms with Gasteiger partial charge in [-0.1, -0.05) is 0 Å².